The van der Waals surface area contributed by atoms with Gasteiger partial charge >= 0.3 is 0 Å². The number of thioether (sulfide) groups is 1. The van der Waals surface area contributed by atoms with Gasteiger partial charge < -0.3 is 10.1 Å². The number of hydrogen-bond donors (Lipinski definition) is 1. The van der Waals surface area contributed by atoms with E-state index in [1.54, 1.807) is 29.3 Å². The van der Waals surface area contributed by atoms with Crippen LogP contribution in [-0.4, -0.2) is 49.8 Å². The van der Waals surface area contributed by atoms with E-state index < -0.39 is 0 Å². The molecule has 1 atom stereocenters. The van der Waals surface area contributed by atoms with Crippen molar-refractivity contribution in [2.45, 2.75) is 57.1 Å². The number of ether oxygens (including phenoxy) is 1. The summed E-state index contributed by atoms with van der Waals surface area (Å²) in [6.45, 7) is 1.33. The zero-order valence-corrected chi connectivity index (χ0v) is 19.4. The first-order valence-electron chi connectivity index (χ1n) is 11.3. The van der Waals surface area contributed by atoms with Crippen molar-refractivity contribution >= 4 is 51.7 Å². The molecule has 0 bridgehead atoms. The zero-order chi connectivity index (χ0) is 22.1. The molecular weight excluding hydrogens is 444 g/mol. The second-order valence-corrected chi connectivity index (χ2v) is 10.1. The van der Waals surface area contributed by atoms with Crippen LogP contribution in [0.3, 0.4) is 0 Å². The van der Waals surface area contributed by atoms with Gasteiger partial charge in [0.25, 0.3) is 11.5 Å². The van der Waals surface area contributed by atoms with E-state index in [1.807, 2.05) is 6.07 Å². The molecule has 7 nitrogen and oxygen atoms in total. The molecule has 0 aromatic carbocycles. The van der Waals surface area contributed by atoms with Crippen molar-refractivity contribution in [2.24, 2.45) is 0 Å². The van der Waals surface area contributed by atoms with Crippen LogP contribution in [0.15, 0.2) is 34.1 Å². The maximum atomic E-state index is 13.3. The summed E-state index contributed by atoms with van der Waals surface area (Å²) in [7, 11) is 0. The lowest BCUT2D eigenvalue weighted by molar-refractivity contribution is -0.124. The Kier molecular flexibility index (Phi) is 6.30. The fourth-order valence-corrected chi connectivity index (χ4v) is 6.03. The van der Waals surface area contributed by atoms with Crippen molar-refractivity contribution in [3.05, 3.63) is 45.2 Å². The van der Waals surface area contributed by atoms with Gasteiger partial charge in [-0.3, -0.25) is 18.9 Å². The molecule has 2 aromatic rings. The number of nitrogens with one attached hydrogen (secondary N) is 1. The molecule has 3 fully saturated rings. The molecular formula is C23H26N4O3S2. The third-order valence-electron chi connectivity index (χ3n) is 6.33. The van der Waals surface area contributed by atoms with E-state index >= 15 is 0 Å². The average molecular weight is 471 g/mol. The number of pyridine rings is 1. The molecule has 168 valence electrons. The van der Waals surface area contributed by atoms with Gasteiger partial charge in [-0.05, 0) is 43.9 Å². The van der Waals surface area contributed by atoms with Gasteiger partial charge in [-0.15, -0.1) is 0 Å². The third kappa shape index (κ3) is 4.21. The summed E-state index contributed by atoms with van der Waals surface area (Å²) in [6, 6.07) is 5.60. The highest BCUT2D eigenvalue weighted by molar-refractivity contribution is 8.26. The first kappa shape index (κ1) is 21.6. The molecule has 2 saturated heterocycles. The number of nitrogens with zero attached hydrogens (tertiary/aromatic N) is 3. The SMILES string of the molecule is O=C1/C(=C/c2c(NC[C@H]3CCCO3)nc3ccccn3c2=O)SC(=S)N1C1CCCCC1. The van der Waals surface area contributed by atoms with Gasteiger partial charge in [-0.1, -0.05) is 49.3 Å². The van der Waals surface area contributed by atoms with Crippen LogP contribution >= 0.6 is 24.0 Å². The van der Waals surface area contributed by atoms with Crippen molar-refractivity contribution < 1.29 is 9.53 Å². The normalized spacial score (nSPS) is 23.6. The van der Waals surface area contributed by atoms with Crippen LogP contribution in [-0.2, 0) is 9.53 Å². The number of rotatable bonds is 5. The van der Waals surface area contributed by atoms with Crippen molar-refractivity contribution in [1.82, 2.24) is 14.3 Å². The molecule has 0 unspecified atom stereocenters. The Balaban J connectivity index is 1.50. The first-order valence-corrected chi connectivity index (χ1v) is 12.5. The molecule has 5 rings (SSSR count). The molecule has 4 heterocycles. The fourth-order valence-electron chi connectivity index (χ4n) is 4.65. The Bertz CT molecular complexity index is 1130. The second kappa shape index (κ2) is 9.33. The summed E-state index contributed by atoms with van der Waals surface area (Å²) < 4.78 is 7.79. The fraction of sp³-hybridized carbons (Fsp3) is 0.478. The lowest BCUT2D eigenvalue weighted by Gasteiger charge is -2.29. The summed E-state index contributed by atoms with van der Waals surface area (Å²) in [5.74, 6) is 0.370. The van der Waals surface area contributed by atoms with Crippen molar-refractivity contribution in [1.29, 1.82) is 0 Å². The number of aromatic nitrogens is 2. The number of hydrogen-bond acceptors (Lipinski definition) is 7. The molecule has 32 heavy (non-hydrogen) atoms. The molecule has 0 radical (unpaired) electrons. The Labute approximate surface area is 196 Å². The highest BCUT2D eigenvalue weighted by Crippen LogP contribution is 2.37. The predicted molar refractivity (Wildman–Crippen MR) is 131 cm³/mol. The zero-order valence-electron chi connectivity index (χ0n) is 17.8. The number of anilines is 1. The van der Waals surface area contributed by atoms with Crippen LogP contribution in [0.2, 0.25) is 0 Å². The van der Waals surface area contributed by atoms with Crippen LogP contribution in [0.1, 0.15) is 50.5 Å². The summed E-state index contributed by atoms with van der Waals surface area (Å²) >= 11 is 6.83. The lowest BCUT2D eigenvalue weighted by Crippen LogP contribution is -2.39. The molecule has 9 heteroatoms. The highest BCUT2D eigenvalue weighted by Gasteiger charge is 2.37. The number of amides is 1. The smallest absolute Gasteiger partial charge is 0.267 e. The van der Waals surface area contributed by atoms with Gasteiger partial charge in [0.15, 0.2) is 0 Å². The van der Waals surface area contributed by atoms with E-state index in [0.717, 1.165) is 45.1 Å². The van der Waals surface area contributed by atoms with E-state index in [-0.39, 0.29) is 23.6 Å². The maximum absolute atomic E-state index is 13.3. The molecule has 1 amide bonds. The Morgan fingerprint density at radius 1 is 1.19 bits per heavy atom. The van der Waals surface area contributed by atoms with Crippen molar-refractivity contribution in [3.8, 4) is 0 Å². The summed E-state index contributed by atoms with van der Waals surface area (Å²) in [6.07, 6.45) is 10.9. The highest BCUT2D eigenvalue weighted by atomic mass is 32.2. The van der Waals surface area contributed by atoms with Gasteiger partial charge in [0.1, 0.15) is 15.8 Å². The van der Waals surface area contributed by atoms with Gasteiger partial charge in [-0.25, -0.2) is 4.98 Å². The summed E-state index contributed by atoms with van der Waals surface area (Å²) in [5.41, 5.74) is 0.712. The molecule has 3 aliphatic rings. The van der Waals surface area contributed by atoms with Gasteiger partial charge in [0.2, 0.25) is 0 Å². The molecule has 1 N–H and O–H groups in total. The second-order valence-electron chi connectivity index (χ2n) is 8.47. The van der Waals surface area contributed by atoms with Gasteiger partial charge in [-0.2, -0.15) is 0 Å². The van der Waals surface area contributed by atoms with E-state index in [0.29, 0.717) is 32.8 Å². The molecule has 0 spiro atoms. The first-order chi connectivity index (χ1) is 15.6. The van der Waals surface area contributed by atoms with Gasteiger partial charge in [0.05, 0.1) is 16.6 Å². The summed E-state index contributed by atoms with van der Waals surface area (Å²) in [4.78, 5) is 33.5. The lowest BCUT2D eigenvalue weighted by atomic mass is 9.94. The van der Waals surface area contributed by atoms with Crippen LogP contribution < -0.4 is 10.9 Å². The minimum absolute atomic E-state index is 0.100. The summed E-state index contributed by atoms with van der Waals surface area (Å²) in [5, 5.41) is 3.30. The van der Waals surface area contributed by atoms with Crippen molar-refractivity contribution in [2.75, 3.05) is 18.5 Å². The number of thiocarbonyl (C=S) groups is 1. The van der Waals surface area contributed by atoms with E-state index in [4.69, 9.17) is 17.0 Å². The molecule has 1 aliphatic carbocycles. The molecule has 2 aliphatic heterocycles. The van der Waals surface area contributed by atoms with Crippen LogP contribution in [0.4, 0.5) is 5.82 Å². The van der Waals surface area contributed by atoms with Crippen LogP contribution in [0.5, 0.6) is 0 Å². The quantitative estimate of drug-likeness (QED) is 0.526. The minimum Gasteiger partial charge on any atom is -0.376 e. The van der Waals surface area contributed by atoms with E-state index in [9.17, 15) is 9.59 Å². The van der Waals surface area contributed by atoms with E-state index in [1.165, 1.54) is 22.6 Å². The Morgan fingerprint density at radius 3 is 2.81 bits per heavy atom. The monoisotopic (exact) mass is 470 g/mol. The minimum atomic E-state index is -0.214. The predicted octanol–water partition coefficient (Wildman–Crippen LogP) is 3.82. The van der Waals surface area contributed by atoms with Crippen molar-refractivity contribution in [3.63, 3.8) is 0 Å². The number of carbonyl (C=O) groups is 1. The van der Waals surface area contributed by atoms with Crippen LogP contribution in [0.25, 0.3) is 11.7 Å². The Morgan fingerprint density at radius 2 is 2.03 bits per heavy atom. The molecule has 2 aromatic heterocycles. The molecule has 1 saturated carbocycles. The number of carbonyl (C=O) groups excluding carboxylic acids is 1. The Hall–Kier alpha value is -2.23. The van der Waals surface area contributed by atoms with E-state index in [2.05, 4.69) is 10.3 Å². The maximum Gasteiger partial charge on any atom is 0.267 e. The van der Waals surface area contributed by atoms with Crippen LogP contribution in [0, 0.1) is 0 Å². The number of fused-ring (bicyclic) bond motifs is 1. The van der Waals surface area contributed by atoms with Gasteiger partial charge in [0, 0.05) is 25.4 Å². The standard InChI is InChI=1S/C23H26N4O3S2/c28-21-17(13-18-22(29)27(23(31)32-18)15-7-2-1-3-8-15)20(24-14-16-9-6-12-30-16)25-19-10-4-5-11-26(19)21/h4-5,10-11,13,15-16,24H,1-3,6-9,12,14H2/b18-13-/t16-/m1/s1. The largest absolute Gasteiger partial charge is 0.376 e. The average Bonchev–Trinajstić information content (AvgIpc) is 3.43. The third-order valence-corrected chi connectivity index (χ3v) is 7.66. The topological polar surface area (TPSA) is 75.9 Å².